The number of sulfonamides is 1. The minimum Gasteiger partial charge on any atom is -0.457 e. The second-order valence-corrected chi connectivity index (χ2v) is 13.6. The van der Waals surface area contributed by atoms with Crippen molar-refractivity contribution in [3.05, 3.63) is 126 Å². The van der Waals surface area contributed by atoms with Crippen LogP contribution in [-0.4, -0.2) is 49.5 Å². The summed E-state index contributed by atoms with van der Waals surface area (Å²) in [7, 11) is -3.96. The van der Waals surface area contributed by atoms with Crippen LogP contribution in [0.5, 0.6) is 11.5 Å². The van der Waals surface area contributed by atoms with E-state index in [0.717, 1.165) is 16.1 Å². The van der Waals surface area contributed by atoms with Crippen molar-refractivity contribution in [3.63, 3.8) is 0 Å². The Labute approximate surface area is 264 Å². The zero-order chi connectivity index (χ0) is 32.6. The molecular formula is C35H38FN3O5S. The van der Waals surface area contributed by atoms with Gasteiger partial charge in [-0.15, -0.1) is 0 Å². The van der Waals surface area contributed by atoms with E-state index in [1.54, 1.807) is 42.5 Å². The Morgan fingerprint density at radius 3 is 1.96 bits per heavy atom. The number of halogens is 1. The average molecular weight is 632 g/mol. The predicted octanol–water partition coefficient (Wildman–Crippen LogP) is 5.94. The molecule has 4 rings (SSSR count). The predicted molar refractivity (Wildman–Crippen MR) is 174 cm³/mol. The Morgan fingerprint density at radius 2 is 1.38 bits per heavy atom. The molecule has 236 valence electrons. The van der Waals surface area contributed by atoms with Gasteiger partial charge < -0.3 is 15.0 Å². The van der Waals surface area contributed by atoms with E-state index in [4.69, 9.17) is 4.74 Å². The maximum absolute atomic E-state index is 14.9. The van der Waals surface area contributed by atoms with Gasteiger partial charge in [0, 0.05) is 24.1 Å². The third-order valence-corrected chi connectivity index (χ3v) is 7.99. The Balaban J connectivity index is 1.70. The molecule has 0 aliphatic carbocycles. The highest BCUT2D eigenvalue weighted by Gasteiger charge is 2.34. The molecule has 0 radical (unpaired) electrons. The van der Waals surface area contributed by atoms with E-state index < -0.39 is 45.8 Å². The maximum Gasteiger partial charge on any atom is 0.244 e. The Bertz CT molecular complexity index is 1690. The highest BCUT2D eigenvalue weighted by Crippen LogP contribution is 2.26. The number of nitrogens with zero attached hydrogens (tertiary/aromatic N) is 2. The number of para-hydroxylation sites is 1. The molecule has 1 atom stereocenters. The Hall–Kier alpha value is -4.70. The average Bonchev–Trinajstić information content (AvgIpc) is 2.98. The number of hydrogen-bond acceptors (Lipinski definition) is 5. The van der Waals surface area contributed by atoms with Gasteiger partial charge in [-0.3, -0.25) is 13.9 Å². The SMILES string of the molecule is CC(C)(C)NC(=O)[C@@H](Cc1ccccc1)N(Cc1ccccc1F)C(=O)CN(c1ccc(Oc2ccccc2)cc1)S(C)(=O)=O. The van der Waals surface area contributed by atoms with Crippen LogP contribution < -0.4 is 14.4 Å². The standard InChI is InChI=1S/C35H38FN3O5S/c1-35(2,3)37-34(41)32(23-26-13-7-5-8-14-26)38(24-27-15-11-12-18-31(27)36)33(40)25-39(45(4,42)43)28-19-21-30(22-20-28)44-29-16-9-6-10-17-29/h5-22,32H,23-25H2,1-4H3,(H,37,41)/t32-/m1/s1. The molecule has 10 heteroatoms. The van der Waals surface area contributed by atoms with Crippen molar-refractivity contribution >= 4 is 27.5 Å². The number of benzene rings is 4. The summed E-state index contributed by atoms with van der Waals surface area (Å²) in [5, 5.41) is 2.94. The topological polar surface area (TPSA) is 96.0 Å². The minimum atomic E-state index is -3.96. The van der Waals surface area contributed by atoms with Gasteiger partial charge in [0.1, 0.15) is 29.9 Å². The lowest BCUT2D eigenvalue weighted by molar-refractivity contribution is -0.140. The summed E-state index contributed by atoms with van der Waals surface area (Å²) in [5.74, 6) is -0.559. The van der Waals surface area contributed by atoms with E-state index in [2.05, 4.69) is 5.32 Å². The lowest BCUT2D eigenvalue weighted by Gasteiger charge is -2.35. The monoisotopic (exact) mass is 631 g/mol. The van der Waals surface area contributed by atoms with Crippen LogP contribution in [0.25, 0.3) is 0 Å². The number of nitrogens with one attached hydrogen (secondary N) is 1. The summed E-state index contributed by atoms with van der Waals surface area (Å²) < 4.78 is 47.8. The maximum atomic E-state index is 14.9. The van der Waals surface area contributed by atoms with E-state index in [0.29, 0.717) is 11.5 Å². The normalized spacial score (nSPS) is 12.2. The van der Waals surface area contributed by atoms with E-state index in [9.17, 15) is 22.4 Å². The van der Waals surface area contributed by atoms with Crippen molar-refractivity contribution in [2.75, 3.05) is 17.1 Å². The van der Waals surface area contributed by atoms with Crippen molar-refractivity contribution < 1.29 is 27.1 Å². The fourth-order valence-electron chi connectivity index (χ4n) is 4.74. The van der Waals surface area contributed by atoms with Gasteiger partial charge in [-0.25, -0.2) is 12.8 Å². The molecule has 4 aromatic rings. The van der Waals surface area contributed by atoms with Gasteiger partial charge in [0.25, 0.3) is 0 Å². The molecule has 0 spiro atoms. The highest BCUT2D eigenvalue weighted by molar-refractivity contribution is 7.92. The lowest BCUT2D eigenvalue weighted by Crippen LogP contribution is -2.56. The van der Waals surface area contributed by atoms with Gasteiger partial charge in [0.15, 0.2) is 0 Å². The smallest absolute Gasteiger partial charge is 0.244 e. The van der Waals surface area contributed by atoms with Gasteiger partial charge in [-0.2, -0.15) is 0 Å². The number of ether oxygens (including phenoxy) is 1. The minimum absolute atomic E-state index is 0.132. The molecule has 2 amide bonds. The van der Waals surface area contributed by atoms with E-state index in [1.807, 2.05) is 69.3 Å². The first-order valence-electron chi connectivity index (χ1n) is 14.5. The first-order valence-corrected chi connectivity index (χ1v) is 16.3. The first-order chi connectivity index (χ1) is 21.3. The van der Waals surface area contributed by atoms with Crippen LogP contribution in [0.3, 0.4) is 0 Å². The number of carbonyl (C=O) groups is 2. The molecule has 0 saturated heterocycles. The summed E-state index contributed by atoms with van der Waals surface area (Å²) in [6.07, 6.45) is 1.14. The fraction of sp³-hybridized carbons (Fsp3) is 0.257. The molecule has 0 fully saturated rings. The van der Waals surface area contributed by atoms with Gasteiger partial charge in [-0.1, -0.05) is 66.7 Å². The summed E-state index contributed by atoms with van der Waals surface area (Å²) in [6.45, 7) is 4.61. The summed E-state index contributed by atoms with van der Waals surface area (Å²) >= 11 is 0. The second kappa shape index (κ2) is 14.4. The van der Waals surface area contributed by atoms with Gasteiger partial charge >= 0.3 is 0 Å². The third-order valence-electron chi connectivity index (χ3n) is 6.85. The van der Waals surface area contributed by atoms with Crippen molar-refractivity contribution in [3.8, 4) is 11.5 Å². The quantitative estimate of drug-likeness (QED) is 0.209. The molecular weight excluding hydrogens is 593 g/mol. The highest BCUT2D eigenvalue weighted by atomic mass is 32.2. The zero-order valence-electron chi connectivity index (χ0n) is 25.8. The number of carbonyl (C=O) groups excluding carboxylic acids is 2. The first kappa shape index (κ1) is 33.2. The van der Waals surface area contributed by atoms with Crippen LogP contribution >= 0.6 is 0 Å². The largest absolute Gasteiger partial charge is 0.457 e. The zero-order valence-corrected chi connectivity index (χ0v) is 26.6. The molecule has 0 aliphatic heterocycles. The molecule has 0 aromatic heterocycles. The van der Waals surface area contributed by atoms with Crippen LogP contribution in [-0.2, 0) is 32.6 Å². The molecule has 0 bridgehead atoms. The van der Waals surface area contributed by atoms with Crippen LogP contribution in [0.2, 0.25) is 0 Å². The number of anilines is 1. The summed E-state index contributed by atoms with van der Waals surface area (Å²) in [6, 6.07) is 29.5. The summed E-state index contributed by atoms with van der Waals surface area (Å²) in [4.78, 5) is 29.2. The van der Waals surface area contributed by atoms with Gasteiger partial charge in [0.2, 0.25) is 21.8 Å². The molecule has 8 nitrogen and oxygen atoms in total. The molecule has 1 N–H and O–H groups in total. The van der Waals surface area contributed by atoms with Crippen molar-refractivity contribution in [2.45, 2.75) is 45.3 Å². The molecule has 45 heavy (non-hydrogen) atoms. The van der Waals surface area contributed by atoms with Gasteiger partial charge in [0.05, 0.1) is 11.9 Å². The molecule has 0 heterocycles. The third kappa shape index (κ3) is 9.64. The lowest BCUT2D eigenvalue weighted by atomic mass is 10.0. The number of hydrogen-bond donors (Lipinski definition) is 1. The Kier molecular flexibility index (Phi) is 10.6. The van der Waals surface area contributed by atoms with Crippen molar-refractivity contribution in [1.82, 2.24) is 10.2 Å². The van der Waals surface area contributed by atoms with Crippen LogP contribution in [0.15, 0.2) is 109 Å². The Morgan fingerprint density at radius 1 is 0.822 bits per heavy atom. The molecule has 0 unspecified atom stereocenters. The van der Waals surface area contributed by atoms with E-state index in [-0.39, 0.29) is 24.2 Å². The van der Waals surface area contributed by atoms with Crippen LogP contribution in [0, 0.1) is 5.82 Å². The van der Waals surface area contributed by atoms with Crippen molar-refractivity contribution in [2.24, 2.45) is 0 Å². The second-order valence-electron chi connectivity index (χ2n) is 11.7. The number of amides is 2. The van der Waals surface area contributed by atoms with Gasteiger partial charge in [-0.05, 0) is 68.8 Å². The molecule has 0 saturated carbocycles. The van der Waals surface area contributed by atoms with E-state index >= 15 is 0 Å². The van der Waals surface area contributed by atoms with E-state index in [1.165, 1.54) is 23.1 Å². The molecule has 4 aromatic carbocycles. The molecule has 0 aliphatic rings. The van der Waals surface area contributed by atoms with Crippen LogP contribution in [0.4, 0.5) is 10.1 Å². The van der Waals surface area contributed by atoms with Crippen LogP contribution in [0.1, 0.15) is 31.9 Å². The van der Waals surface area contributed by atoms with Crippen molar-refractivity contribution in [1.29, 1.82) is 0 Å². The summed E-state index contributed by atoms with van der Waals surface area (Å²) in [5.41, 5.74) is 0.588. The number of rotatable bonds is 12. The fourth-order valence-corrected chi connectivity index (χ4v) is 5.59.